The minimum absolute atomic E-state index is 0.0315. The van der Waals surface area contributed by atoms with Crippen molar-refractivity contribution >= 4 is 58.0 Å². The van der Waals surface area contributed by atoms with Gasteiger partial charge in [0.2, 0.25) is 0 Å². The van der Waals surface area contributed by atoms with Crippen LogP contribution in [0.15, 0.2) is 53.2 Å². The molecule has 25 heavy (non-hydrogen) atoms. The molecule has 0 bridgehead atoms. The minimum atomic E-state index is -0.657. The lowest BCUT2D eigenvalue weighted by Gasteiger charge is -2.16. The molecule has 2 aromatic rings. The topological polar surface area (TPSA) is 58.6 Å². The zero-order chi connectivity index (χ0) is 18.1. The molecule has 8 heteroatoms. The molecule has 5 nitrogen and oxygen atoms in total. The van der Waals surface area contributed by atoms with E-state index in [4.69, 9.17) is 39.5 Å². The van der Waals surface area contributed by atoms with Crippen molar-refractivity contribution < 1.29 is 14.3 Å². The fourth-order valence-corrected chi connectivity index (χ4v) is 3.09. The van der Waals surface area contributed by atoms with Gasteiger partial charge in [-0.1, -0.05) is 40.9 Å². The van der Waals surface area contributed by atoms with E-state index in [9.17, 15) is 9.59 Å². The highest BCUT2D eigenvalue weighted by molar-refractivity contribution is 6.53. The fraction of sp³-hybridized carbons (Fsp3) is 0.0588. The molecule has 1 aliphatic rings. The van der Waals surface area contributed by atoms with Gasteiger partial charge in [0, 0.05) is 21.8 Å². The lowest BCUT2D eigenvalue weighted by Crippen LogP contribution is -2.32. The molecule has 0 saturated carbocycles. The van der Waals surface area contributed by atoms with Crippen LogP contribution in [0.1, 0.15) is 0 Å². The van der Waals surface area contributed by atoms with E-state index in [2.05, 4.69) is 5.32 Å². The molecular formula is C17H11Cl3N2O3. The highest BCUT2D eigenvalue weighted by atomic mass is 35.5. The van der Waals surface area contributed by atoms with Gasteiger partial charge in [-0.3, -0.25) is 9.59 Å². The zero-order valence-corrected chi connectivity index (χ0v) is 15.1. The summed E-state index contributed by atoms with van der Waals surface area (Å²) in [7, 11) is 1.53. The molecule has 0 radical (unpaired) electrons. The van der Waals surface area contributed by atoms with E-state index in [1.54, 1.807) is 24.3 Å². The van der Waals surface area contributed by atoms with Crippen LogP contribution in [-0.4, -0.2) is 18.9 Å². The van der Waals surface area contributed by atoms with Gasteiger partial charge in [0.15, 0.2) is 0 Å². The highest BCUT2D eigenvalue weighted by Gasteiger charge is 2.39. The fourth-order valence-electron chi connectivity index (χ4n) is 2.36. The number of rotatable bonds is 4. The third kappa shape index (κ3) is 3.44. The summed E-state index contributed by atoms with van der Waals surface area (Å²) in [4.78, 5) is 26.0. The van der Waals surface area contributed by atoms with Crippen LogP contribution in [0.5, 0.6) is 5.75 Å². The summed E-state index contributed by atoms with van der Waals surface area (Å²) < 4.78 is 5.13. The molecule has 128 valence electrons. The maximum absolute atomic E-state index is 12.7. The summed E-state index contributed by atoms with van der Waals surface area (Å²) in [6.45, 7) is 0. The van der Waals surface area contributed by atoms with E-state index in [1.807, 2.05) is 0 Å². The molecule has 2 amide bonds. The van der Waals surface area contributed by atoms with Crippen LogP contribution in [0.4, 0.5) is 11.4 Å². The van der Waals surface area contributed by atoms with Crippen molar-refractivity contribution in [3.05, 3.63) is 63.2 Å². The van der Waals surface area contributed by atoms with Gasteiger partial charge in [0.1, 0.15) is 16.5 Å². The van der Waals surface area contributed by atoms with E-state index in [-0.39, 0.29) is 16.4 Å². The van der Waals surface area contributed by atoms with Crippen LogP contribution in [-0.2, 0) is 9.59 Å². The van der Waals surface area contributed by atoms with Crippen LogP contribution >= 0.6 is 34.8 Å². The second-order valence-electron chi connectivity index (χ2n) is 5.12. The third-order valence-electron chi connectivity index (χ3n) is 3.47. The third-order valence-corrected chi connectivity index (χ3v) is 4.26. The Hall–Kier alpha value is -2.21. The standard InChI is InChI=1S/C17H11Cl3N2O3/c1-25-13-4-2-3-11(8-13)21-15-14(20)16(23)22(17(15)24)12-6-9(18)5-10(19)7-12/h2-8,21H,1H3. The molecule has 0 aliphatic carbocycles. The maximum atomic E-state index is 12.7. The van der Waals surface area contributed by atoms with Crippen molar-refractivity contribution in [3.63, 3.8) is 0 Å². The number of carbonyl (C=O) groups excluding carboxylic acids is 2. The normalized spacial score (nSPS) is 14.3. The number of benzene rings is 2. The molecule has 1 N–H and O–H groups in total. The molecule has 0 fully saturated rings. The largest absolute Gasteiger partial charge is 0.497 e. The number of halogens is 3. The second-order valence-corrected chi connectivity index (χ2v) is 6.37. The Bertz CT molecular complexity index is 892. The van der Waals surface area contributed by atoms with Crippen molar-refractivity contribution in [2.24, 2.45) is 0 Å². The first kappa shape index (κ1) is 17.6. The molecule has 3 rings (SSSR count). The van der Waals surface area contributed by atoms with Gasteiger partial charge in [-0.2, -0.15) is 0 Å². The van der Waals surface area contributed by atoms with Crippen LogP contribution in [0, 0.1) is 0 Å². The Morgan fingerprint density at radius 2 is 1.64 bits per heavy atom. The first-order valence-corrected chi connectivity index (χ1v) is 8.20. The molecule has 0 spiro atoms. The Labute approximate surface area is 158 Å². The Balaban J connectivity index is 1.93. The molecule has 0 unspecified atom stereocenters. The SMILES string of the molecule is COc1cccc(NC2=C(Cl)C(=O)N(c3cc(Cl)cc(Cl)c3)C2=O)c1. The minimum Gasteiger partial charge on any atom is -0.497 e. The lowest BCUT2D eigenvalue weighted by atomic mass is 10.2. The summed E-state index contributed by atoms with van der Waals surface area (Å²) >= 11 is 18.0. The first-order chi connectivity index (χ1) is 11.9. The number of nitrogens with one attached hydrogen (secondary N) is 1. The van der Waals surface area contributed by atoms with Gasteiger partial charge >= 0.3 is 0 Å². The molecule has 0 saturated heterocycles. The number of nitrogens with zero attached hydrogens (tertiary/aromatic N) is 1. The number of anilines is 2. The smallest absolute Gasteiger partial charge is 0.283 e. The van der Waals surface area contributed by atoms with Crippen LogP contribution in [0.25, 0.3) is 0 Å². The average molecular weight is 398 g/mol. The molecule has 0 aromatic heterocycles. The number of ether oxygens (including phenoxy) is 1. The number of amides is 2. The number of imide groups is 1. The lowest BCUT2D eigenvalue weighted by molar-refractivity contribution is -0.120. The van der Waals surface area contributed by atoms with Gasteiger partial charge in [-0.15, -0.1) is 0 Å². The van der Waals surface area contributed by atoms with Gasteiger partial charge in [-0.05, 0) is 30.3 Å². The number of carbonyl (C=O) groups is 2. The van der Waals surface area contributed by atoms with Gasteiger partial charge in [-0.25, -0.2) is 4.90 Å². The Morgan fingerprint density at radius 3 is 2.28 bits per heavy atom. The van der Waals surface area contributed by atoms with Crippen LogP contribution < -0.4 is 15.0 Å². The van der Waals surface area contributed by atoms with E-state index < -0.39 is 11.8 Å². The average Bonchev–Trinajstić information content (AvgIpc) is 2.78. The summed E-state index contributed by atoms with van der Waals surface area (Å²) in [6, 6.07) is 11.3. The van der Waals surface area contributed by atoms with Gasteiger partial charge < -0.3 is 10.1 Å². The zero-order valence-electron chi connectivity index (χ0n) is 12.8. The van der Waals surface area contributed by atoms with Crippen molar-refractivity contribution in [1.29, 1.82) is 0 Å². The maximum Gasteiger partial charge on any atom is 0.283 e. The highest BCUT2D eigenvalue weighted by Crippen LogP contribution is 2.33. The van der Waals surface area contributed by atoms with Crippen molar-refractivity contribution in [2.75, 3.05) is 17.3 Å². The van der Waals surface area contributed by atoms with E-state index >= 15 is 0 Å². The molecular weight excluding hydrogens is 387 g/mol. The predicted octanol–water partition coefficient (Wildman–Crippen LogP) is 4.44. The summed E-state index contributed by atoms with van der Waals surface area (Å²) in [5.41, 5.74) is 0.767. The summed E-state index contributed by atoms with van der Waals surface area (Å²) in [6.07, 6.45) is 0. The van der Waals surface area contributed by atoms with Crippen LogP contribution in [0.3, 0.4) is 0 Å². The van der Waals surface area contributed by atoms with Crippen molar-refractivity contribution in [2.45, 2.75) is 0 Å². The summed E-state index contributed by atoms with van der Waals surface area (Å²) in [5.74, 6) is -0.663. The number of hydrogen-bond donors (Lipinski definition) is 1. The van der Waals surface area contributed by atoms with Crippen LogP contribution in [0.2, 0.25) is 10.0 Å². The Morgan fingerprint density at radius 1 is 0.960 bits per heavy atom. The Kier molecular flexibility index (Phi) is 4.90. The summed E-state index contributed by atoms with van der Waals surface area (Å²) in [5, 5.41) is 3.24. The monoisotopic (exact) mass is 396 g/mol. The van der Waals surface area contributed by atoms with Crippen molar-refractivity contribution in [3.8, 4) is 5.75 Å². The van der Waals surface area contributed by atoms with Crippen molar-refractivity contribution in [1.82, 2.24) is 0 Å². The second kappa shape index (κ2) is 6.96. The van der Waals surface area contributed by atoms with Gasteiger partial charge in [0.05, 0.1) is 12.8 Å². The predicted molar refractivity (Wildman–Crippen MR) is 98.5 cm³/mol. The molecule has 1 heterocycles. The number of hydrogen-bond acceptors (Lipinski definition) is 4. The van der Waals surface area contributed by atoms with E-state index in [0.29, 0.717) is 21.5 Å². The quantitative estimate of drug-likeness (QED) is 0.775. The molecule has 0 atom stereocenters. The number of methoxy groups -OCH3 is 1. The van der Waals surface area contributed by atoms with Gasteiger partial charge in [0.25, 0.3) is 11.8 Å². The van der Waals surface area contributed by atoms with E-state index in [0.717, 1.165) is 4.90 Å². The molecule has 2 aromatic carbocycles. The molecule has 1 aliphatic heterocycles. The first-order valence-electron chi connectivity index (χ1n) is 7.06. The van der Waals surface area contributed by atoms with E-state index in [1.165, 1.54) is 25.3 Å².